The minimum atomic E-state index is -0.373. The molecule has 6 aromatic rings. The molecule has 40 heavy (non-hydrogen) atoms. The van der Waals surface area contributed by atoms with Gasteiger partial charge in [0.15, 0.2) is 17.5 Å². The number of rotatable bonds is 4. The van der Waals surface area contributed by atoms with E-state index in [4.69, 9.17) is 15.0 Å². The minimum Gasteiger partial charge on any atom is -0.208 e. The molecule has 0 fully saturated rings. The number of hydrogen-bond acceptors (Lipinski definition) is 3. The fourth-order valence-electron chi connectivity index (χ4n) is 5.78. The Morgan fingerprint density at radius 1 is 0.475 bits per heavy atom. The lowest BCUT2D eigenvalue weighted by Gasteiger charge is -2.21. The van der Waals surface area contributed by atoms with Gasteiger partial charge in [-0.05, 0) is 45.5 Å². The Balaban J connectivity index is 1.44. The van der Waals surface area contributed by atoms with Crippen LogP contribution in [0.5, 0.6) is 0 Å². The van der Waals surface area contributed by atoms with Crippen LogP contribution in [0.1, 0.15) is 25.0 Å². The van der Waals surface area contributed by atoms with Crippen molar-refractivity contribution in [2.24, 2.45) is 0 Å². The maximum absolute atomic E-state index is 15.7. The topological polar surface area (TPSA) is 38.7 Å². The highest BCUT2D eigenvalue weighted by molar-refractivity contribution is 5.91. The zero-order valence-electron chi connectivity index (χ0n) is 22.3. The summed E-state index contributed by atoms with van der Waals surface area (Å²) in [5.41, 5.74) is 8.52. The van der Waals surface area contributed by atoms with E-state index in [-0.39, 0.29) is 11.2 Å². The van der Waals surface area contributed by atoms with Crippen molar-refractivity contribution in [3.8, 4) is 56.4 Å². The van der Waals surface area contributed by atoms with Gasteiger partial charge in [-0.1, -0.05) is 123 Å². The maximum atomic E-state index is 15.7. The lowest BCUT2D eigenvalue weighted by Crippen LogP contribution is -2.14. The number of benzene rings is 5. The van der Waals surface area contributed by atoms with Gasteiger partial charge in [0.25, 0.3) is 0 Å². The van der Waals surface area contributed by atoms with Gasteiger partial charge < -0.3 is 0 Å². The van der Waals surface area contributed by atoms with Crippen molar-refractivity contribution in [1.29, 1.82) is 0 Å². The van der Waals surface area contributed by atoms with Gasteiger partial charge in [-0.25, -0.2) is 19.3 Å². The minimum absolute atomic E-state index is 0.153. The highest BCUT2D eigenvalue weighted by Crippen LogP contribution is 2.51. The van der Waals surface area contributed by atoms with Crippen molar-refractivity contribution in [3.63, 3.8) is 0 Å². The van der Waals surface area contributed by atoms with Gasteiger partial charge in [0, 0.05) is 16.5 Å². The molecule has 0 saturated carbocycles. The van der Waals surface area contributed by atoms with E-state index in [1.807, 2.05) is 66.7 Å². The van der Waals surface area contributed by atoms with Crippen LogP contribution in [-0.4, -0.2) is 15.0 Å². The maximum Gasteiger partial charge on any atom is 0.167 e. The van der Waals surface area contributed by atoms with Crippen molar-refractivity contribution in [2.45, 2.75) is 19.3 Å². The molecule has 0 N–H and O–H groups in total. The molecule has 0 aliphatic heterocycles. The summed E-state index contributed by atoms with van der Waals surface area (Å²) in [5.74, 6) is 0.974. The number of nitrogens with zero attached hydrogens (tertiary/aromatic N) is 3. The zero-order valence-corrected chi connectivity index (χ0v) is 22.3. The summed E-state index contributed by atoms with van der Waals surface area (Å²) in [6.07, 6.45) is 0. The standard InChI is InChI=1S/C36H26FN3/c1-36(2)29-18-10-9-16-26(29)32-28(17-11-19-30(32)36)35-39-33(24-14-7-4-8-15-24)38-34(40-35)27-21-20-25(22-31(27)37)23-12-5-3-6-13-23/h3-22H,1-2H3. The van der Waals surface area contributed by atoms with Gasteiger partial charge in [0.2, 0.25) is 0 Å². The molecule has 4 heteroatoms. The van der Waals surface area contributed by atoms with Crippen LogP contribution in [-0.2, 0) is 5.41 Å². The molecule has 0 saturated heterocycles. The van der Waals surface area contributed by atoms with Crippen molar-refractivity contribution in [2.75, 3.05) is 0 Å². The second-order valence-corrected chi connectivity index (χ2v) is 10.6. The van der Waals surface area contributed by atoms with Crippen LogP contribution in [0.15, 0.2) is 121 Å². The van der Waals surface area contributed by atoms with E-state index < -0.39 is 0 Å². The summed E-state index contributed by atoms with van der Waals surface area (Å²) >= 11 is 0. The van der Waals surface area contributed by atoms with Crippen LogP contribution >= 0.6 is 0 Å². The fourth-order valence-corrected chi connectivity index (χ4v) is 5.78. The van der Waals surface area contributed by atoms with E-state index >= 15 is 4.39 Å². The first-order chi connectivity index (χ1) is 19.5. The molecule has 0 amide bonds. The molecule has 0 spiro atoms. The van der Waals surface area contributed by atoms with Crippen LogP contribution in [0.4, 0.5) is 4.39 Å². The number of aromatic nitrogens is 3. The number of fused-ring (bicyclic) bond motifs is 3. The summed E-state index contributed by atoms with van der Waals surface area (Å²) in [7, 11) is 0. The van der Waals surface area contributed by atoms with Gasteiger partial charge in [-0.3, -0.25) is 0 Å². The molecule has 1 aliphatic rings. The van der Waals surface area contributed by atoms with E-state index in [9.17, 15) is 0 Å². The van der Waals surface area contributed by atoms with Crippen LogP contribution < -0.4 is 0 Å². The third kappa shape index (κ3) is 3.92. The van der Waals surface area contributed by atoms with Gasteiger partial charge >= 0.3 is 0 Å². The summed E-state index contributed by atoms with van der Waals surface area (Å²) in [5, 5.41) is 0. The lowest BCUT2D eigenvalue weighted by molar-refractivity contribution is 0.630. The summed E-state index contributed by atoms with van der Waals surface area (Å²) in [6.45, 7) is 4.50. The largest absolute Gasteiger partial charge is 0.208 e. The molecule has 0 atom stereocenters. The Hall–Kier alpha value is -4.96. The number of hydrogen-bond donors (Lipinski definition) is 0. The fraction of sp³-hybridized carbons (Fsp3) is 0.0833. The summed E-state index contributed by atoms with van der Waals surface area (Å²) < 4.78 is 15.7. The first-order valence-electron chi connectivity index (χ1n) is 13.4. The smallest absolute Gasteiger partial charge is 0.167 e. The third-order valence-electron chi connectivity index (χ3n) is 7.83. The van der Waals surface area contributed by atoms with E-state index in [0.717, 1.165) is 27.8 Å². The van der Waals surface area contributed by atoms with E-state index in [1.54, 1.807) is 12.1 Å². The molecule has 7 rings (SSSR count). The summed E-state index contributed by atoms with van der Waals surface area (Å²) in [4.78, 5) is 14.6. The second kappa shape index (κ2) is 9.35. The third-order valence-corrected chi connectivity index (χ3v) is 7.83. The molecule has 1 aromatic heterocycles. The molecule has 5 aromatic carbocycles. The SMILES string of the molecule is CC1(C)c2ccccc2-c2c(-c3nc(-c4ccccc4)nc(-c4ccc(-c5ccccc5)cc4F)n3)cccc21. The Bertz CT molecular complexity index is 1880. The Morgan fingerprint density at radius 3 is 1.77 bits per heavy atom. The van der Waals surface area contributed by atoms with Gasteiger partial charge in [0.05, 0.1) is 5.56 Å². The Kier molecular flexibility index (Phi) is 5.64. The van der Waals surface area contributed by atoms with Gasteiger partial charge in [0.1, 0.15) is 5.82 Å². The Labute approximate surface area is 233 Å². The average molecular weight is 520 g/mol. The zero-order chi connectivity index (χ0) is 27.3. The van der Waals surface area contributed by atoms with Gasteiger partial charge in [-0.15, -0.1) is 0 Å². The monoisotopic (exact) mass is 519 g/mol. The van der Waals surface area contributed by atoms with Gasteiger partial charge in [-0.2, -0.15) is 0 Å². The molecule has 1 aliphatic carbocycles. The number of halogens is 1. The molecule has 192 valence electrons. The van der Waals surface area contributed by atoms with Crippen molar-refractivity contribution in [1.82, 2.24) is 15.0 Å². The molecular weight excluding hydrogens is 493 g/mol. The predicted molar refractivity (Wildman–Crippen MR) is 159 cm³/mol. The predicted octanol–water partition coefficient (Wildman–Crippen LogP) is 8.99. The first kappa shape index (κ1) is 24.1. The summed E-state index contributed by atoms with van der Waals surface area (Å²) in [6, 6.07) is 39.6. The van der Waals surface area contributed by atoms with E-state index in [2.05, 4.69) is 56.3 Å². The molecule has 0 bridgehead atoms. The van der Waals surface area contributed by atoms with E-state index in [1.165, 1.54) is 16.7 Å². The first-order valence-corrected chi connectivity index (χ1v) is 13.4. The molecule has 3 nitrogen and oxygen atoms in total. The average Bonchev–Trinajstić information content (AvgIpc) is 3.24. The van der Waals surface area contributed by atoms with Crippen LogP contribution in [0.25, 0.3) is 56.4 Å². The highest BCUT2D eigenvalue weighted by Gasteiger charge is 2.37. The second-order valence-electron chi connectivity index (χ2n) is 10.6. The molecular formula is C36H26FN3. The van der Waals surface area contributed by atoms with Crippen molar-refractivity contribution in [3.05, 3.63) is 138 Å². The molecule has 0 unspecified atom stereocenters. The van der Waals surface area contributed by atoms with E-state index in [0.29, 0.717) is 23.0 Å². The highest BCUT2D eigenvalue weighted by atomic mass is 19.1. The lowest BCUT2D eigenvalue weighted by atomic mass is 9.82. The Morgan fingerprint density at radius 2 is 1.05 bits per heavy atom. The van der Waals surface area contributed by atoms with Crippen LogP contribution in [0.3, 0.4) is 0 Å². The molecule has 0 radical (unpaired) electrons. The quantitative estimate of drug-likeness (QED) is 0.233. The van der Waals surface area contributed by atoms with Crippen LogP contribution in [0, 0.1) is 5.82 Å². The van der Waals surface area contributed by atoms with Crippen molar-refractivity contribution >= 4 is 0 Å². The van der Waals surface area contributed by atoms with Crippen molar-refractivity contribution < 1.29 is 4.39 Å². The normalized spacial score (nSPS) is 13.1. The molecule has 1 heterocycles. The van der Waals surface area contributed by atoms with Crippen LogP contribution in [0.2, 0.25) is 0 Å².